The number of carboxylic acid groups (broad SMARTS) is 1. The Kier molecular flexibility index (Phi) is 6.73. The molecule has 5 nitrogen and oxygen atoms in total. The predicted molar refractivity (Wildman–Crippen MR) is 77.3 cm³/mol. The van der Waals surface area contributed by atoms with Gasteiger partial charge in [-0.15, -0.1) is 0 Å². The van der Waals surface area contributed by atoms with E-state index in [1.807, 2.05) is 44.2 Å². The summed E-state index contributed by atoms with van der Waals surface area (Å²) >= 11 is 0. The first-order valence-electron chi connectivity index (χ1n) is 6.79. The SMILES string of the molecule is CCC(C)N(CC(=O)O)CC(=O)NCc1ccccc1. The number of rotatable bonds is 8. The second-order valence-electron chi connectivity index (χ2n) is 4.82. The van der Waals surface area contributed by atoms with Crippen molar-refractivity contribution >= 4 is 11.9 Å². The number of carbonyl (C=O) groups is 2. The first-order chi connectivity index (χ1) is 9.52. The van der Waals surface area contributed by atoms with Gasteiger partial charge in [0.05, 0.1) is 13.1 Å². The molecule has 2 N–H and O–H groups in total. The number of amides is 1. The zero-order valence-corrected chi connectivity index (χ0v) is 12.0. The number of carbonyl (C=O) groups excluding carboxylic acids is 1. The van der Waals surface area contributed by atoms with E-state index in [9.17, 15) is 9.59 Å². The Hall–Kier alpha value is -1.88. The van der Waals surface area contributed by atoms with Crippen LogP contribution >= 0.6 is 0 Å². The number of hydrogen-bond donors (Lipinski definition) is 2. The molecule has 0 saturated carbocycles. The maximum Gasteiger partial charge on any atom is 0.317 e. The second kappa shape index (κ2) is 8.32. The molecular formula is C15H22N2O3. The number of hydrogen-bond acceptors (Lipinski definition) is 3. The van der Waals surface area contributed by atoms with Gasteiger partial charge in [-0.25, -0.2) is 0 Å². The molecule has 1 atom stereocenters. The Balaban J connectivity index is 2.47. The molecule has 0 heterocycles. The third-order valence-corrected chi connectivity index (χ3v) is 3.23. The molecule has 0 aromatic heterocycles. The highest BCUT2D eigenvalue weighted by Crippen LogP contribution is 2.03. The summed E-state index contributed by atoms with van der Waals surface area (Å²) in [6.07, 6.45) is 0.805. The zero-order valence-electron chi connectivity index (χ0n) is 12.0. The molecule has 0 spiro atoms. The van der Waals surface area contributed by atoms with Crippen LogP contribution in [-0.2, 0) is 16.1 Å². The lowest BCUT2D eigenvalue weighted by molar-refractivity contribution is -0.139. The molecule has 1 rings (SSSR count). The fourth-order valence-corrected chi connectivity index (χ4v) is 1.84. The molecule has 1 amide bonds. The van der Waals surface area contributed by atoms with Crippen LogP contribution in [0.25, 0.3) is 0 Å². The van der Waals surface area contributed by atoms with Crippen molar-refractivity contribution in [1.82, 2.24) is 10.2 Å². The molecule has 1 aromatic rings. The third-order valence-electron chi connectivity index (χ3n) is 3.23. The molecule has 0 saturated heterocycles. The molecule has 1 unspecified atom stereocenters. The van der Waals surface area contributed by atoms with Crippen LogP contribution < -0.4 is 5.32 Å². The highest BCUT2D eigenvalue weighted by molar-refractivity contribution is 5.79. The quantitative estimate of drug-likeness (QED) is 0.756. The van der Waals surface area contributed by atoms with Gasteiger partial charge in [0.25, 0.3) is 0 Å². The zero-order chi connectivity index (χ0) is 15.0. The van der Waals surface area contributed by atoms with Gasteiger partial charge in [0.1, 0.15) is 0 Å². The molecule has 0 fully saturated rings. The summed E-state index contributed by atoms with van der Waals surface area (Å²) in [5, 5.41) is 11.7. The van der Waals surface area contributed by atoms with Crippen molar-refractivity contribution in [3.05, 3.63) is 35.9 Å². The second-order valence-corrected chi connectivity index (χ2v) is 4.82. The molecule has 0 aliphatic heterocycles. The molecule has 5 heteroatoms. The van der Waals surface area contributed by atoms with E-state index in [2.05, 4.69) is 5.32 Å². The molecule has 110 valence electrons. The van der Waals surface area contributed by atoms with E-state index in [1.165, 1.54) is 0 Å². The standard InChI is InChI=1S/C15H22N2O3/c1-3-12(2)17(11-15(19)20)10-14(18)16-9-13-7-5-4-6-8-13/h4-8,12H,3,9-11H2,1-2H3,(H,16,18)(H,19,20). The first-order valence-corrected chi connectivity index (χ1v) is 6.79. The number of carboxylic acids is 1. The van der Waals surface area contributed by atoms with E-state index in [0.717, 1.165) is 12.0 Å². The van der Waals surface area contributed by atoms with Crippen LogP contribution in [0.2, 0.25) is 0 Å². The lowest BCUT2D eigenvalue weighted by Gasteiger charge is -2.25. The van der Waals surface area contributed by atoms with Gasteiger partial charge >= 0.3 is 5.97 Å². The largest absolute Gasteiger partial charge is 0.480 e. The van der Waals surface area contributed by atoms with E-state index in [-0.39, 0.29) is 25.0 Å². The highest BCUT2D eigenvalue weighted by atomic mass is 16.4. The smallest absolute Gasteiger partial charge is 0.317 e. The van der Waals surface area contributed by atoms with E-state index >= 15 is 0 Å². The Morgan fingerprint density at radius 2 is 1.90 bits per heavy atom. The van der Waals surface area contributed by atoms with Crippen LogP contribution in [-0.4, -0.2) is 41.0 Å². The minimum atomic E-state index is -0.916. The van der Waals surface area contributed by atoms with E-state index < -0.39 is 5.97 Å². The minimum absolute atomic E-state index is 0.0635. The van der Waals surface area contributed by atoms with E-state index in [4.69, 9.17) is 5.11 Å². The summed E-state index contributed by atoms with van der Waals surface area (Å²) in [4.78, 5) is 24.4. The van der Waals surface area contributed by atoms with Crippen molar-refractivity contribution in [2.45, 2.75) is 32.9 Å². The maximum absolute atomic E-state index is 11.9. The molecule has 0 radical (unpaired) electrons. The topological polar surface area (TPSA) is 69.6 Å². The van der Waals surface area contributed by atoms with Crippen LogP contribution in [0.1, 0.15) is 25.8 Å². The Morgan fingerprint density at radius 3 is 2.45 bits per heavy atom. The van der Waals surface area contributed by atoms with Gasteiger partial charge in [-0.1, -0.05) is 37.3 Å². The van der Waals surface area contributed by atoms with Crippen molar-refractivity contribution in [2.24, 2.45) is 0 Å². The van der Waals surface area contributed by atoms with Crippen molar-refractivity contribution in [2.75, 3.05) is 13.1 Å². The predicted octanol–water partition coefficient (Wildman–Crippen LogP) is 1.49. The molecule has 1 aromatic carbocycles. The molecule has 0 aliphatic carbocycles. The Morgan fingerprint density at radius 1 is 1.25 bits per heavy atom. The van der Waals surface area contributed by atoms with Gasteiger partial charge in [-0.3, -0.25) is 14.5 Å². The Bertz CT molecular complexity index is 434. The van der Waals surface area contributed by atoms with E-state index in [0.29, 0.717) is 6.54 Å². The Labute approximate surface area is 119 Å². The summed E-state index contributed by atoms with van der Waals surface area (Å²) in [5.41, 5.74) is 1.02. The number of nitrogens with one attached hydrogen (secondary N) is 1. The molecular weight excluding hydrogens is 256 g/mol. The number of nitrogens with zero attached hydrogens (tertiary/aromatic N) is 1. The van der Waals surface area contributed by atoms with Gasteiger partial charge in [-0.05, 0) is 18.9 Å². The van der Waals surface area contributed by atoms with Crippen molar-refractivity contribution in [3.8, 4) is 0 Å². The lowest BCUT2D eigenvalue weighted by Crippen LogP contribution is -2.44. The molecule has 0 aliphatic rings. The summed E-state index contributed by atoms with van der Waals surface area (Å²) in [7, 11) is 0. The maximum atomic E-state index is 11.9. The normalized spacial score (nSPS) is 12.2. The highest BCUT2D eigenvalue weighted by Gasteiger charge is 2.18. The summed E-state index contributed by atoms with van der Waals surface area (Å²) in [6, 6.07) is 9.68. The van der Waals surface area contributed by atoms with Crippen molar-refractivity contribution in [3.63, 3.8) is 0 Å². The summed E-state index contributed by atoms with van der Waals surface area (Å²) in [5.74, 6) is -1.07. The monoisotopic (exact) mass is 278 g/mol. The van der Waals surface area contributed by atoms with Crippen LogP contribution in [0.15, 0.2) is 30.3 Å². The average Bonchev–Trinajstić information content (AvgIpc) is 2.44. The van der Waals surface area contributed by atoms with Gasteiger partial charge in [-0.2, -0.15) is 0 Å². The summed E-state index contributed by atoms with van der Waals surface area (Å²) < 4.78 is 0. The van der Waals surface area contributed by atoms with Gasteiger partial charge < -0.3 is 10.4 Å². The first kappa shape index (κ1) is 16.2. The van der Waals surface area contributed by atoms with E-state index in [1.54, 1.807) is 4.90 Å². The number of benzene rings is 1. The van der Waals surface area contributed by atoms with Crippen LogP contribution in [0.5, 0.6) is 0 Å². The van der Waals surface area contributed by atoms with Crippen LogP contribution in [0.3, 0.4) is 0 Å². The van der Waals surface area contributed by atoms with Gasteiger partial charge in [0.15, 0.2) is 0 Å². The fraction of sp³-hybridized carbons (Fsp3) is 0.467. The minimum Gasteiger partial charge on any atom is -0.480 e. The lowest BCUT2D eigenvalue weighted by atomic mass is 10.2. The van der Waals surface area contributed by atoms with Gasteiger partial charge in [0.2, 0.25) is 5.91 Å². The summed E-state index contributed by atoms with van der Waals surface area (Å²) in [6.45, 7) is 4.35. The average molecular weight is 278 g/mol. The van der Waals surface area contributed by atoms with Crippen molar-refractivity contribution in [1.29, 1.82) is 0 Å². The van der Waals surface area contributed by atoms with Gasteiger partial charge in [0, 0.05) is 12.6 Å². The number of aliphatic carboxylic acids is 1. The third kappa shape index (κ3) is 5.84. The molecule has 20 heavy (non-hydrogen) atoms. The fourth-order valence-electron chi connectivity index (χ4n) is 1.84. The van der Waals surface area contributed by atoms with Crippen molar-refractivity contribution < 1.29 is 14.7 Å². The molecule has 0 bridgehead atoms. The van der Waals surface area contributed by atoms with Crippen LogP contribution in [0.4, 0.5) is 0 Å². The van der Waals surface area contributed by atoms with Crippen LogP contribution in [0, 0.1) is 0 Å².